The topological polar surface area (TPSA) is 52.9 Å². The van der Waals surface area contributed by atoms with Gasteiger partial charge in [0.05, 0.1) is 19.8 Å². The molecule has 0 aliphatic rings. The lowest BCUT2D eigenvalue weighted by Gasteiger charge is -2.27. The predicted octanol–water partition coefficient (Wildman–Crippen LogP) is 1.73. The molecule has 0 aromatic heterocycles. The van der Waals surface area contributed by atoms with Crippen molar-refractivity contribution in [2.24, 2.45) is 0 Å². The largest absolute Gasteiger partial charge is 0.496 e. The van der Waals surface area contributed by atoms with Crippen LogP contribution in [0.5, 0.6) is 5.75 Å². The van der Waals surface area contributed by atoms with Crippen LogP contribution in [-0.4, -0.2) is 37.0 Å². The number of methoxy groups -OCH3 is 1. The molecule has 0 bridgehead atoms. The average Bonchev–Trinajstić information content (AvgIpc) is 2.37. The van der Waals surface area contributed by atoms with E-state index in [9.17, 15) is 5.11 Å². The lowest BCUT2D eigenvalue weighted by molar-refractivity contribution is 0.194. The number of anilines is 1. The van der Waals surface area contributed by atoms with Crippen LogP contribution in [0.3, 0.4) is 0 Å². The molecule has 1 atom stereocenters. The van der Waals surface area contributed by atoms with Crippen LogP contribution in [0.2, 0.25) is 0 Å². The highest BCUT2D eigenvalue weighted by Crippen LogP contribution is 2.34. The molecular formula is C14H21NO3. The SMILES string of the molecule is C=CCN(CCO)c1cccc(OC)c1C(C)O. The van der Waals surface area contributed by atoms with E-state index >= 15 is 0 Å². The van der Waals surface area contributed by atoms with Gasteiger partial charge in [0.15, 0.2) is 0 Å². The summed E-state index contributed by atoms with van der Waals surface area (Å²) in [6.07, 6.45) is 1.13. The predicted molar refractivity (Wildman–Crippen MR) is 73.1 cm³/mol. The molecule has 0 aliphatic heterocycles. The number of rotatable bonds is 7. The van der Waals surface area contributed by atoms with Crippen LogP contribution >= 0.6 is 0 Å². The number of aliphatic hydroxyl groups excluding tert-OH is 2. The average molecular weight is 251 g/mol. The van der Waals surface area contributed by atoms with Crippen molar-refractivity contribution in [3.63, 3.8) is 0 Å². The third-order valence-corrected chi connectivity index (χ3v) is 2.74. The minimum atomic E-state index is -0.637. The van der Waals surface area contributed by atoms with Crippen LogP contribution < -0.4 is 9.64 Å². The van der Waals surface area contributed by atoms with E-state index in [2.05, 4.69) is 6.58 Å². The first kappa shape index (κ1) is 14.5. The van der Waals surface area contributed by atoms with Gasteiger partial charge in [-0.2, -0.15) is 0 Å². The Bertz CT molecular complexity index is 391. The van der Waals surface area contributed by atoms with Crippen LogP contribution in [0, 0.1) is 0 Å². The Balaban J connectivity index is 3.22. The molecule has 4 heteroatoms. The molecule has 1 unspecified atom stereocenters. The summed E-state index contributed by atoms with van der Waals surface area (Å²) in [5.74, 6) is 0.648. The molecule has 1 rings (SSSR count). The van der Waals surface area contributed by atoms with E-state index in [1.54, 1.807) is 20.1 Å². The van der Waals surface area contributed by atoms with Crippen molar-refractivity contribution in [2.75, 3.05) is 31.7 Å². The van der Waals surface area contributed by atoms with E-state index in [0.29, 0.717) is 18.8 Å². The first-order valence-electron chi connectivity index (χ1n) is 5.97. The summed E-state index contributed by atoms with van der Waals surface area (Å²) in [4.78, 5) is 1.96. The lowest BCUT2D eigenvalue weighted by atomic mass is 10.1. The Hall–Kier alpha value is -1.52. The molecule has 0 amide bonds. The van der Waals surface area contributed by atoms with Gasteiger partial charge in [0.2, 0.25) is 0 Å². The van der Waals surface area contributed by atoms with Gasteiger partial charge >= 0.3 is 0 Å². The maximum absolute atomic E-state index is 9.91. The number of aliphatic hydroxyl groups is 2. The smallest absolute Gasteiger partial charge is 0.126 e. The summed E-state index contributed by atoms with van der Waals surface area (Å²) in [6.45, 7) is 6.54. The number of ether oxygens (including phenoxy) is 1. The second-order valence-corrected chi connectivity index (χ2v) is 4.03. The fraction of sp³-hybridized carbons (Fsp3) is 0.429. The molecule has 0 aliphatic carbocycles. The van der Waals surface area contributed by atoms with Crippen molar-refractivity contribution in [1.82, 2.24) is 0 Å². The second kappa shape index (κ2) is 7.03. The molecule has 100 valence electrons. The van der Waals surface area contributed by atoms with E-state index in [1.807, 2.05) is 23.1 Å². The summed E-state index contributed by atoms with van der Waals surface area (Å²) < 4.78 is 5.28. The van der Waals surface area contributed by atoms with Crippen LogP contribution in [0.25, 0.3) is 0 Å². The molecule has 1 aromatic carbocycles. The Morgan fingerprint density at radius 1 is 1.50 bits per heavy atom. The minimum Gasteiger partial charge on any atom is -0.496 e. The van der Waals surface area contributed by atoms with Crippen LogP contribution in [0.15, 0.2) is 30.9 Å². The van der Waals surface area contributed by atoms with Gasteiger partial charge in [-0.1, -0.05) is 12.1 Å². The molecule has 0 saturated heterocycles. The molecule has 2 N–H and O–H groups in total. The summed E-state index contributed by atoms with van der Waals surface area (Å²) in [5.41, 5.74) is 1.59. The summed E-state index contributed by atoms with van der Waals surface area (Å²) in [5, 5.41) is 19.0. The fourth-order valence-corrected chi connectivity index (χ4v) is 1.99. The molecule has 1 aromatic rings. The van der Waals surface area contributed by atoms with Crippen LogP contribution in [0.1, 0.15) is 18.6 Å². The lowest BCUT2D eigenvalue weighted by Crippen LogP contribution is -2.28. The van der Waals surface area contributed by atoms with E-state index in [4.69, 9.17) is 9.84 Å². The van der Waals surface area contributed by atoms with Gasteiger partial charge in [-0.05, 0) is 19.1 Å². The Morgan fingerprint density at radius 3 is 2.72 bits per heavy atom. The summed E-state index contributed by atoms with van der Waals surface area (Å²) in [7, 11) is 1.58. The second-order valence-electron chi connectivity index (χ2n) is 4.03. The zero-order chi connectivity index (χ0) is 13.5. The van der Waals surface area contributed by atoms with Gasteiger partial charge < -0.3 is 19.8 Å². The maximum atomic E-state index is 9.91. The van der Waals surface area contributed by atoms with Crippen molar-refractivity contribution in [1.29, 1.82) is 0 Å². The van der Waals surface area contributed by atoms with E-state index in [-0.39, 0.29) is 6.61 Å². The third-order valence-electron chi connectivity index (χ3n) is 2.74. The first-order valence-corrected chi connectivity index (χ1v) is 5.97. The van der Waals surface area contributed by atoms with Crippen molar-refractivity contribution >= 4 is 5.69 Å². The van der Waals surface area contributed by atoms with Gasteiger partial charge in [-0.25, -0.2) is 0 Å². The third kappa shape index (κ3) is 3.24. The Labute approximate surface area is 108 Å². The van der Waals surface area contributed by atoms with Gasteiger partial charge in [0, 0.05) is 24.3 Å². The van der Waals surface area contributed by atoms with Crippen LogP contribution in [-0.2, 0) is 0 Å². The van der Waals surface area contributed by atoms with E-state index < -0.39 is 6.10 Å². The zero-order valence-electron chi connectivity index (χ0n) is 11.0. The first-order chi connectivity index (χ1) is 8.65. The number of hydrogen-bond acceptors (Lipinski definition) is 4. The summed E-state index contributed by atoms with van der Waals surface area (Å²) >= 11 is 0. The van der Waals surface area contributed by atoms with E-state index in [1.165, 1.54) is 0 Å². The maximum Gasteiger partial charge on any atom is 0.126 e. The van der Waals surface area contributed by atoms with Crippen molar-refractivity contribution < 1.29 is 14.9 Å². The quantitative estimate of drug-likeness (QED) is 0.725. The molecule has 0 radical (unpaired) electrons. The summed E-state index contributed by atoms with van der Waals surface area (Å²) in [6, 6.07) is 5.59. The van der Waals surface area contributed by atoms with Crippen molar-refractivity contribution in [3.05, 3.63) is 36.4 Å². The van der Waals surface area contributed by atoms with Gasteiger partial charge in [0.1, 0.15) is 5.75 Å². The highest BCUT2D eigenvalue weighted by Gasteiger charge is 2.17. The van der Waals surface area contributed by atoms with Crippen molar-refractivity contribution in [2.45, 2.75) is 13.0 Å². The minimum absolute atomic E-state index is 0.0459. The van der Waals surface area contributed by atoms with E-state index in [0.717, 1.165) is 11.3 Å². The molecule has 0 heterocycles. The van der Waals surface area contributed by atoms with Gasteiger partial charge in [-0.3, -0.25) is 0 Å². The van der Waals surface area contributed by atoms with Gasteiger partial charge in [-0.15, -0.1) is 6.58 Å². The molecule has 4 nitrogen and oxygen atoms in total. The highest BCUT2D eigenvalue weighted by molar-refractivity contribution is 5.60. The number of nitrogens with zero attached hydrogens (tertiary/aromatic N) is 1. The normalized spacial score (nSPS) is 12.0. The standard InChI is InChI=1S/C14H21NO3/c1-4-8-15(9-10-16)12-6-5-7-13(18-3)14(12)11(2)17/h4-7,11,16-17H,1,8-10H2,2-3H3. The molecule has 18 heavy (non-hydrogen) atoms. The number of hydrogen-bond donors (Lipinski definition) is 2. The van der Waals surface area contributed by atoms with Crippen molar-refractivity contribution in [3.8, 4) is 5.75 Å². The van der Waals surface area contributed by atoms with Crippen LogP contribution in [0.4, 0.5) is 5.69 Å². The van der Waals surface area contributed by atoms with Gasteiger partial charge in [0.25, 0.3) is 0 Å². The highest BCUT2D eigenvalue weighted by atomic mass is 16.5. The molecule has 0 spiro atoms. The zero-order valence-corrected chi connectivity index (χ0v) is 11.0. The monoisotopic (exact) mass is 251 g/mol. The molecule has 0 saturated carbocycles. The Morgan fingerprint density at radius 2 is 2.22 bits per heavy atom. The molecular weight excluding hydrogens is 230 g/mol. The number of benzene rings is 1. The molecule has 0 fully saturated rings. The fourth-order valence-electron chi connectivity index (χ4n) is 1.99. The Kier molecular flexibility index (Phi) is 5.68.